The van der Waals surface area contributed by atoms with Crippen molar-refractivity contribution in [3.63, 3.8) is 0 Å². The molecular formula is C16H27FN4. The summed E-state index contributed by atoms with van der Waals surface area (Å²) in [4.78, 5) is 8.63. The molecule has 0 atom stereocenters. The van der Waals surface area contributed by atoms with E-state index >= 15 is 0 Å². The molecule has 1 aromatic heterocycles. The van der Waals surface area contributed by atoms with E-state index in [2.05, 4.69) is 47.9 Å². The van der Waals surface area contributed by atoms with Crippen molar-refractivity contribution in [2.45, 2.75) is 39.3 Å². The molecule has 0 aromatic carbocycles. The molecule has 4 nitrogen and oxygen atoms in total. The van der Waals surface area contributed by atoms with Crippen LogP contribution in [0.2, 0.25) is 0 Å². The predicted molar refractivity (Wildman–Crippen MR) is 85.1 cm³/mol. The zero-order valence-corrected chi connectivity index (χ0v) is 13.6. The molecule has 0 aliphatic carbocycles. The second-order valence-corrected chi connectivity index (χ2v) is 6.86. The van der Waals surface area contributed by atoms with E-state index in [1.54, 1.807) is 12.3 Å². The number of aromatic nitrogens is 1. The molecule has 5 heteroatoms. The molecule has 0 radical (unpaired) electrons. The van der Waals surface area contributed by atoms with E-state index in [1.807, 2.05) is 0 Å². The van der Waals surface area contributed by atoms with Crippen molar-refractivity contribution in [3.8, 4) is 0 Å². The van der Waals surface area contributed by atoms with Gasteiger partial charge in [-0.1, -0.05) is 0 Å². The Morgan fingerprint density at radius 3 is 2.71 bits per heavy atom. The lowest BCUT2D eigenvalue weighted by molar-refractivity contribution is 0.360. The average molecular weight is 294 g/mol. The van der Waals surface area contributed by atoms with Gasteiger partial charge < -0.3 is 15.1 Å². The van der Waals surface area contributed by atoms with Gasteiger partial charge in [-0.05, 0) is 46.9 Å². The first-order chi connectivity index (χ1) is 9.87. The summed E-state index contributed by atoms with van der Waals surface area (Å²) in [6, 6.07) is 1.77. The molecule has 0 saturated carbocycles. The van der Waals surface area contributed by atoms with Crippen LogP contribution in [0.1, 0.15) is 32.8 Å². The quantitative estimate of drug-likeness (QED) is 0.926. The summed E-state index contributed by atoms with van der Waals surface area (Å²) < 4.78 is 14.7. The van der Waals surface area contributed by atoms with Crippen LogP contribution in [0.3, 0.4) is 0 Å². The Labute approximate surface area is 127 Å². The van der Waals surface area contributed by atoms with Gasteiger partial charge in [0.15, 0.2) is 11.6 Å². The number of pyridine rings is 1. The monoisotopic (exact) mass is 294 g/mol. The molecule has 2 heterocycles. The Morgan fingerprint density at radius 1 is 1.24 bits per heavy atom. The maximum atomic E-state index is 14.7. The number of nitrogens with one attached hydrogen (secondary N) is 1. The summed E-state index contributed by atoms with van der Waals surface area (Å²) in [6.07, 6.45) is 2.76. The molecule has 1 N–H and O–H groups in total. The Kier molecular flexibility index (Phi) is 5.17. The van der Waals surface area contributed by atoms with E-state index < -0.39 is 0 Å². The van der Waals surface area contributed by atoms with Crippen LogP contribution in [0, 0.1) is 5.82 Å². The lowest BCUT2D eigenvalue weighted by atomic mass is 10.1. The standard InChI is InChI=1S/C16H27FN4/c1-16(2,3)19-12-13-6-7-18-15(14(13)17)21-9-5-8-20(4)10-11-21/h6-7,19H,5,8-12H2,1-4H3. The molecule has 0 unspecified atom stereocenters. The number of hydrogen-bond acceptors (Lipinski definition) is 4. The summed E-state index contributed by atoms with van der Waals surface area (Å²) in [7, 11) is 2.11. The number of halogens is 1. The molecule has 1 fully saturated rings. The van der Waals surface area contributed by atoms with E-state index in [9.17, 15) is 4.39 Å². The molecule has 1 aliphatic heterocycles. The second kappa shape index (κ2) is 6.71. The Bertz CT molecular complexity index is 470. The Hall–Kier alpha value is -1.20. The van der Waals surface area contributed by atoms with Crippen molar-refractivity contribution in [1.82, 2.24) is 15.2 Å². The largest absolute Gasteiger partial charge is 0.353 e. The molecule has 21 heavy (non-hydrogen) atoms. The molecule has 0 amide bonds. The summed E-state index contributed by atoms with van der Waals surface area (Å²) in [5.41, 5.74) is 0.661. The van der Waals surface area contributed by atoms with Crippen molar-refractivity contribution < 1.29 is 4.39 Å². The lowest BCUT2D eigenvalue weighted by Gasteiger charge is -2.24. The van der Waals surface area contributed by atoms with Gasteiger partial charge in [-0.2, -0.15) is 0 Å². The Morgan fingerprint density at radius 2 is 2.00 bits per heavy atom. The highest BCUT2D eigenvalue weighted by molar-refractivity contribution is 5.43. The molecule has 0 bridgehead atoms. The van der Waals surface area contributed by atoms with E-state index in [4.69, 9.17) is 0 Å². The number of anilines is 1. The van der Waals surface area contributed by atoms with Crippen LogP contribution in [0.15, 0.2) is 12.3 Å². The minimum atomic E-state index is -0.182. The first-order valence-corrected chi connectivity index (χ1v) is 7.69. The zero-order chi connectivity index (χ0) is 15.5. The van der Waals surface area contributed by atoms with E-state index in [1.165, 1.54) is 0 Å². The highest BCUT2D eigenvalue weighted by Gasteiger charge is 2.19. The van der Waals surface area contributed by atoms with Crippen molar-refractivity contribution in [2.75, 3.05) is 38.1 Å². The summed E-state index contributed by atoms with van der Waals surface area (Å²) >= 11 is 0. The van der Waals surface area contributed by atoms with Gasteiger partial charge >= 0.3 is 0 Å². The fraction of sp³-hybridized carbons (Fsp3) is 0.688. The maximum absolute atomic E-state index is 14.7. The highest BCUT2D eigenvalue weighted by Crippen LogP contribution is 2.21. The minimum absolute atomic E-state index is 0.0266. The van der Waals surface area contributed by atoms with Gasteiger partial charge in [0.1, 0.15) is 0 Å². The molecular weight excluding hydrogens is 267 g/mol. The van der Waals surface area contributed by atoms with Gasteiger partial charge in [-0.3, -0.25) is 0 Å². The first kappa shape index (κ1) is 16.2. The predicted octanol–water partition coefficient (Wildman–Crippen LogP) is 2.25. The third-order valence-electron chi connectivity index (χ3n) is 3.78. The van der Waals surface area contributed by atoms with Crippen LogP contribution < -0.4 is 10.2 Å². The topological polar surface area (TPSA) is 31.4 Å². The molecule has 0 spiro atoms. The molecule has 2 rings (SSSR count). The van der Waals surface area contributed by atoms with Crippen LogP contribution in [-0.2, 0) is 6.54 Å². The fourth-order valence-electron chi connectivity index (χ4n) is 2.45. The average Bonchev–Trinajstić information content (AvgIpc) is 2.61. The molecule has 1 aliphatic rings. The van der Waals surface area contributed by atoms with Gasteiger partial charge in [0.05, 0.1) is 0 Å². The van der Waals surface area contributed by atoms with Crippen LogP contribution in [0.5, 0.6) is 0 Å². The van der Waals surface area contributed by atoms with Crippen LogP contribution in [-0.4, -0.2) is 48.6 Å². The van der Waals surface area contributed by atoms with Crippen molar-refractivity contribution in [1.29, 1.82) is 0 Å². The number of rotatable bonds is 3. The highest BCUT2D eigenvalue weighted by atomic mass is 19.1. The summed E-state index contributed by atoms with van der Waals surface area (Å²) in [6.45, 7) is 10.5. The normalized spacial score (nSPS) is 17.9. The Balaban J connectivity index is 2.13. The molecule has 1 saturated heterocycles. The number of hydrogen-bond donors (Lipinski definition) is 1. The van der Waals surface area contributed by atoms with Crippen LogP contribution in [0.25, 0.3) is 0 Å². The zero-order valence-electron chi connectivity index (χ0n) is 13.6. The van der Waals surface area contributed by atoms with Crippen LogP contribution >= 0.6 is 0 Å². The first-order valence-electron chi connectivity index (χ1n) is 7.69. The second-order valence-electron chi connectivity index (χ2n) is 6.86. The number of likely N-dealkylation sites (N-methyl/N-ethyl adjacent to an activating group) is 1. The maximum Gasteiger partial charge on any atom is 0.170 e. The van der Waals surface area contributed by atoms with Crippen molar-refractivity contribution in [3.05, 3.63) is 23.6 Å². The summed E-state index contributed by atoms with van der Waals surface area (Å²) in [5.74, 6) is 0.317. The van der Waals surface area contributed by atoms with Crippen molar-refractivity contribution in [2.24, 2.45) is 0 Å². The van der Waals surface area contributed by atoms with Gasteiger partial charge in [0, 0.05) is 43.5 Å². The third-order valence-corrected chi connectivity index (χ3v) is 3.78. The third kappa shape index (κ3) is 4.64. The van der Waals surface area contributed by atoms with Gasteiger partial charge in [-0.25, -0.2) is 9.37 Å². The summed E-state index contributed by atoms with van der Waals surface area (Å²) in [5, 5.41) is 3.33. The number of nitrogens with zero attached hydrogens (tertiary/aromatic N) is 3. The van der Waals surface area contributed by atoms with E-state index in [0.717, 1.165) is 32.6 Å². The van der Waals surface area contributed by atoms with Crippen molar-refractivity contribution >= 4 is 5.82 Å². The minimum Gasteiger partial charge on any atom is -0.353 e. The fourth-order valence-corrected chi connectivity index (χ4v) is 2.45. The lowest BCUT2D eigenvalue weighted by Crippen LogP contribution is -2.35. The molecule has 118 valence electrons. The molecule has 1 aromatic rings. The van der Waals surface area contributed by atoms with E-state index in [0.29, 0.717) is 17.9 Å². The smallest absolute Gasteiger partial charge is 0.170 e. The SMILES string of the molecule is CN1CCCN(c2nccc(CNC(C)(C)C)c2F)CC1. The van der Waals surface area contributed by atoms with Gasteiger partial charge in [0.2, 0.25) is 0 Å². The van der Waals surface area contributed by atoms with Gasteiger partial charge in [0.25, 0.3) is 0 Å². The van der Waals surface area contributed by atoms with Crippen LogP contribution in [0.4, 0.5) is 10.2 Å². The van der Waals surface area contributed by atoms with Gasteiger partial charge in [-0.15, -0.1) is 0 Å². The van der Waals surface area contributed by atoms with E-state index in [-0.39, 0.29) is 11.4 Å².